The maximum Gasteiger partial charge on any atom is 0.331 e. The molecule has 4 fully saturated rings. The third-order valence-electron chi connectivity index (χ3n) is 9.13. The average Bonchev–Trinajstić information content (AvgIpc) is 3.72. The molecule has 16 atom stereocenters. The lowest BCUT2D eigenvalue weighted by atomic mass is 9.85. The van der Waals surface area contributed by atoms with Crippen LogP contribution in [0.1, 0.15) is 12.5 Å². The van der Waals surface area contributed by atoms with E-state index in [1.54, 1.807) is 30.3 Å². The maximum absolute atomic E-state index is 12.6. The minimum absolute atomic E-state index is 0.471. The smallest absolute Gasteiger partial charge is 0.331 e. The molecule has 1 aliphatic carbocycles. The predicted octanol–water partition coefficient (Wildman–Crippen LogP) is -2.47. The van der Waals surface area contributed by atoms with Crippen LogP contribution in [0.15, 0.2) is 48.7 Å². The Bertz CT molecular complexity index is 1240. The lowest BCUT2D eigenvalue weighted by molar-refractivity contribution is -0.347. The maximum atomic E-state index is 12.6. The number of benzene rings is 1. The van der Waals surface area contributed by atoms with Crippen molar-refractivity contribution >= 4 is 12.0 Å². The molecule has 45 heavy (non-hydrogen) atoms. The zero-order chi connectivity index (χ0) is 32.0. The van der Waals surface area contributed by atoms with Gasteiger partial charge in [0, 0.05) is 12.0 Å². The summed E-state index contributed by atoms with van der Waals surface area (Å²) in [5, 5.41) is 72.5. The van der Waals surface area contributed by atoms with Crippen molar-refractivity contribution in [2.75, 3.05) is 13.2 Å². The van der Waals surface area contributed by atoms with Gasteiger partial charge in [0.15, 0.2) is 18.7 Å². The lowest BCUT2D eigenvalue weighted by Crippen LogP contribution is -2.60. The second kappa shape index (κ2) is 12.9. The van der Waals surface area contributed by atoms with Crippen LogP contribution in [0.4, 0.5) is 0 Å². The van der Waals surface area contributed by atoms with Crippen LogP contribution in [0.5, 0.6) is 0 Å². The SMILES string of the molecule is C[C@H]1O[C@@H](O[C@@H]2[C@H]3C=CO[C@@H](O[C@H]4O[C@H](CO)[C@@H](O)[C@H](O)[C@H]4O)[C@@H]3[C@]3(CO)O[C@@H]23)[C@H](O)[C@H](OC(=O)C=Cc2ccccc2)[C@H]1O. The summed E-state index contributed by atoms with van der Waals surface area (Å²) in [6.07, 6.45) is -11.3. The van der Waals surface area contributed by atoms with E-state index in [0.29, 0.717) is 0 Å². The largest absolute Gasteiger partial charge is 0.472 e. The van der Waals surface area contributed by atoms with Crippen LogP contribution in [0.2, 0.25) is 0 Å². The summed E-state index contributed by atoms with van der Waals surface area (Å²) in [5.41, 5.74) is -0.458. The van der Waals surface area contributed by atoms with Crippen LogP contribution in [-0.4, -0.2) is 140 Å². The van der Waals surface area contributed by atoms with E-state index in [2.05, 4.69) is 0 Å². The van der Waals surface area contributed by atoms with Gasteiger partial charge in [0.05, 0.1) is 37.6 Å². The molecule has 0 spiro atoms. The van der Waals surface area contributed by atoms with Crippen LogP contribution < -0.4 is 0 Å². The van der Waals surface area contributed by atoms with E-state index in [0.717, 1.165) is 5.56 Å². The van der Waals surface area contributed by atoms with Crippen molar-refractivity contribution in [2.45, 2.75) is 92.4 Å². The molecule has 0 amide bonds. The van der Waals surface area contributed by atoms with E-state index < -0.39 is 117 Å². The average molecular weight is 639 g/mol. The van der Waals surface area contributed by atoms with Gasteiger partial charge in [0.2, 0.25) is 6.29 Å². The van der Waals surface area contributed by atoms with Gasteiger partial charge in [-0.1, -0.05) is 30.3 Å². The first-order chi connectivity index (χ1) is 21.6. The van der Waals surface area contributed by atoms with Crippen molar-refractivity contribution in [1.82, 2.24) is 0 Å². The summed E-state index contributed by atoms with van der Waals surface area (Å²) in [5.74, 6) is -2.08. The predicted molar refractivity (Wildman–Crippen MR) is 147 cm³/mol. The number of hydrogen-bond acceptors (Lipinski definition) is 15. The minimum atomic E-state index is -1.69. The molecule has 0 radical (unpaired) electrons. The third kappa shape index (κ3) is 5.93. The van der Waals surface area contributed by atoms with Crippen molar-refractivity contribution < 1.29 is 73.7 Å². The molecule has 7 N–H and O–H groups in total. The van der Waals surface area contributed by atoms with E-state index in [9.17, 15) is 40.5 Å². The Morgan fingerprint density at radius 1 is 0.889 bits per heavy atom. The number of aliphatic hydroxyl groups excluding tert-OH is 7. The Morgan fingerprint density at radius 3 is 2.33 bits per heavy atom. The monoisotopic (exact) mass is 638 g/mol. The van der Waals surface area contributed by atoms with Gasteiger partial charge < -0.3 is 68.9 Å². The molecule has 15 heteroatoms. The minimum Gasteiger partial charge on any atom is -0.472 e. The molecule has 0 bridgehead atoms. The van der Waals surface area contributed by atoms with Crippen LogP contribution in [-0.2, 0) is 38.0 Å². The van der Waals surface area contributed by atoms with Crippen molar-refractivity contribution in [2.24, 2.45) is 11.8 Å². The van der Waals surface area contributed by atoms with E-state index in [1.807, 2.05) is 6.07 Å². The first kappa shape index (κ1) is 32.4. The number of aliphatic hydroxyl groups is 7. The topological polar surface area (TPSA) is 227 Å². The molecule has 0 unspecified atom stereocenters. The lowest BCUT2D eigenvalue weighted by Gasteiger charge is -2.44. The number of hydrogen-bond donors (Lipinski definition) is 7. The van der Waals surface area contributed by atoms with Crippen LogP contribution in [0.25, 0.3) is 6.08 Å². The van der Waals surface area contributed by atoms with Crippen molar-refractivity contribution in [3.05, 3.63) is 54.3 Å². The Morgan fingerprint density at radius 2 is 1.62 bits per heavy atom. The summed E-state index contributed by atoms with van der Waals surface area (Å²) < 4.78 is 40.4. The van der Waals surface area contributed by atoms with Gasteiger partial charge in [-0.15, -0.1) is 0 Å². The molecule has 0 aromatic heterocycles. The number of carbonyl (C=O) groups is 1. The van der Waals surface area contributed by atoms with Gasteiger partial charge in [-0.05, 0) is 24.6 Å². The molecule has 4 aliphatic heterocycles. The summed E-state index contributed by atoms with van der Waals surface area (Å²) >= 11 is 0. The Kier molecular flexibility index (Phi) is 9.33. The van der Waals surface area contributed by atoms with Crippen molar-refractivity contribution in [3.8, 4) is 0 Å². The standard InChI is InChI=1S/C30H38O15/c1-13-19(34)25(42-17(33)8-7-14-5-3-2-4-6-14)23(38)29(40-13)43-24-15-9-10-39-27(18(15)30(12-32)26(24)45-30)44-28-22(37)21(36)20(35)16(11-31)41-28/h2-10,13,15-16,18-29,31-32,34-38H,11-12H2,1H3/t13-,15+,16-,18-,19+,20-,21+,22-,23-,24-,25-,26+,27+,28-,29+,30+/m1/s1. The van der Waals surface area contributed by atoms with Crippen molar-refractivity contribution in [1.29, 1.82) is 0 Å². The molecule has 6 rings (SSSR count). The number of ether oxygens (including phenoxy) is 7. The van der Waals surface area contributed by atoms with Gasteiger partial charge in [0.1, 0.15) is 48.3 Å². The normalized spacial score (nSPS) is 47.2. The molecule has 3 saturated heterocycles. The van der Waals surface area contributed by atoms with E-state index in [1.165, 1.54) is 25.3 Å². The Balaban J connectivity index is 1.15. The zero-order valence-corrected chi connectivity index (χ0v) is 24.2. The van der Waals surface area contributed by atoms with Crippen LogP contribution in [0, 0.1) is 11.8 Å². The Labute approximate surface area is 257 Å². The molecule has 5 aliphatic rings. The highest BCUT2D eigenvalue weighted by molar-refractivity contribution is 5.87. The molecule has 1 saturated carbocycles. The van der Waals surface area contributed by atoms with Crippen molar-refractivity contribution in [3.63, 3.8) is 0 Å². The number of epoxide rings is 1. The third-order valence-corrected chi connectivity index (χ3v) is 9.13. The van der Waals surface area contributed by atoms with Crippen LogP contribution >= 0.6 is 0 Å². The second-order valence-corrected chi connectivity index (χ2v) is 11.9. The first-order valence-electron chi connectivity index (χ1n) is 14.8. The number of fused-ring (bicyclic) bond motifs is 3. The van der Waals surface area contributed by atoms with Gasteiger partial charge in [-0.25, -0.2) is 4.79 Å². The molecular formula is C30H38O15. The van der Waals surface area contributed by atoms with E-state index >= 15 is 0 Å². The number of carbonyl (C=O) groups excluding carboxylic acids is 1. The van der Waals surface area contributed by atoms with E-state index in [-0.39, 0.29) is 0 Å². The zero-order valence-electron chi connectivity index (χ0n) is 24.2. The molecule has 248 valence electrons. The fourth-order valence-corrected chi connectivity index (χ4v) is 6.62. The molecule has 1 aromatic rings. The Hall–Kier alpha value is -2.51. The van der Waals surface area contributed by atoms with Gasteiger partial charge in [-0.2, -0.15) is 0 Å². The highest BCUT2D eigenvalue weighted by Crippen LogP contribution is 2.61. The second-order valence-electron chi connectivity index (χ2n) is 11.9. The molecule has 1 aromatic carbocycles. The summed E-state index contributed by atoms with van der Waals surface area (Å²) in [6.45, 7) is 0.414. The van der Waals surface area contributed by atoms with Gasteiger partial charge >= 0.3 is 5.97 Å². The number of esters is 1. The van der Waals surface area contributed by atoms with Gasteiger partial charge in [0.25, 0.3) is 0 Å². The highest BCUT2D eigenvalue weighted by atomic mass is 16.8. The molecule has 4 heterocycles. The fraction of sp³-hybridized carbons (Fsp3) is 0.633. The fourth-order valence-electron chi connectivity index (χ4n) is 6.62. The first-order valence-corrected chi connectivity index (χ1v) is 14.8. The molecular weight excluding hydrogens is 600 g/mol. The summed E-state index contributed by atoms with van der Waals surface area (Å²) in [6, 6.07) is 9.03. The summed E-state index contributed by atoms with van der Waals surface area (Å²) in [4.78, 5) is 12.6. The highest BCUT2D eigenvalue weighted by Gasteiger charge is 2.77. The summed E-state index contributed by atoms with van der Waals surface area (Å²) in [7, 11) is 0. The molecule has 15 nitrogen and oxygen atoms in total. The van der Waals surface area contributed by atoms with E-state index in [4.69, 9.17) is 33.2 Å². The van der Waals surface area contributed by atoms with Gasteiger partial charge in [-0.3, -0.25) is 0 Å². The number of rotatable bonds is 9. The quantitative estimate of drug-likeness (QED) is 0.0845. The van der Waals surface area contributed by atoms with Crippen LogP contribution in [0.3, 0.4) is 0 Å².